The number of hydrogen-bond acceptors (Lipinski definition) is 3. The number of piperazine rings is 1. The van der Waals surface area contributed by atoms with E-state index in [1.807, 2.05) is 17.0 Å². The Morgan fingerprint density at radius 3 is 2.45 bits per heavy atom. The molecule has 1 aromatic rings. The monoisotopic (exact) mass is 273 g/mol. The van der Waals surface area contributed by atoms with Crippen LogP contribution in [0.2, 0.25) is 0 Å². The number of amides is 1. The van der Waals surface area contributed by atoms with Crippen LogP contribution in [0.15, 0.2) is 18.2 Å². The molecule has 2 fully saturated rings. The van der Waals surface area contributed by atoms with E-state index in [1.165, 1.54) is 17.7 Å². The van der Waals surface area contributed by atoms with Crippen LogP contribution in [-0.2, 0) is 4.79 Å². The predicted molar refractivity (Wildman–Crippen MR) is 81.7 cm³/mol. The number of benzene rings is 1. The molecule has 1 aliphatic heterocycles. The van der Waals surface area contributed by atoms with Crippen LogP contribution in [-0.4, -0.2) is 37.0 Å². The van der Waals surface area contributed by atoms with Crippen LogP contribution >= 0.6 is 0 Å². The number of nitrogen functional groups attached to an aromatic ring is 1. The van der Waals surface area contributed by atoms with Gasteiger partial charge in [-0.2, -0.15) is 0 Å². The summed E-state index contributed by atoms with van der Waals surface area (Å²) in [6, 6.07) is 6.06. The van der Waals surface area contributed by atoms with Crippen LogP contribution in [0.5, 0.6) is 0 Å². The number of hydrogen-bond donors (Lipinski definition) is 1. The Bertz CT molecular complexity index is 502. The first-order chi connectivity index (χ1) is 9.65. The zero-order chi connectivity index (χ0) is 14.1. The second-order valence-electron chi connectivity index (χ2n) is 5.99. The highest BCUT2D eigenvalue weighted by Gasteiger charge is 2.31. The second-order valence-corrected chi connectivity index (χ2v) is 5.99. The van der Waals surface area contributed by atoms with Gasteiger partial charge in [0.05, 0.1) is 0 Å². The summed E-state index contributed by atoms with van der Waals surface area (Å²) in [7, 11) is 0. The highest BCUT2D eigenvalue weighted by molar-refractivity contribution is 5.80. The molecule has 1 heterocycles. The van der Waals surface area contributed by atoms with Gasteiger partial charge in [0.15, 0.2) is 0 Å². The quantitative estimate of drug-likeness (QED) is 0.839. The van der Waals surface area contributed by atoms with E-state index < -0.39 is 0 Å². The molecule has 0 radical (unpaired) electrons. The lowest BCUT2D eigenvalue weighted by Gasteiger charge is -2.39. The molecule has 1 saturated heterocycles. The average Bonchev–Trinajstić information content (AvgIpc) is 2.37. The van der Waals surface area contributed by atoms with Gasteiger partial charge in [0.25, 0.3) is 0 Å². The molecular weight excluding hydrogens is 250 g/mol. The first kappa shape index (κ1) is 13.3. The summed E-state index contributed by atoms with van der Waals surface area (Å²) >= 11 is 0. The topological polar surface area (TPSA) is 49.6 Å². The van der Waals surface area contributed by atoms with Crippen LogP contribution in [0.4, 0.5) is 11.4 Å². The van der Waals surface area contributed by atoms with Gasteiger partial charge in [0, 0.05) is 43.5 Å². The molecule has 4 heteroatoms. The molecule has 0 spiro atoms. The van der Waals surface area contributed by atoms with Gasteiger partial charge in [-0.25, -0.2) is 0 Å². The van der Waals surface area contributed by atoms with Crippen molar-refractivity contribution in [3.05, 3.63) is 23.8 Å². The normalized spacial score (nSPS) is 19.9. The van der Waals surface area contributed by atoms with E-state index in [1.54, 1.807) is 0 Å². The molecule has 1 amide bonds. The third kappa shape index (κ3) is 2.47. The molecule has 20 heavy (non-hydrogen) atoms. The smallest absolute Gasteiger partial charge is 0.225 e. The molecule has 3 rings (SSSR count). The molecule has 0 bridgehead atoms. The Balaban J connectivity index is 1.61. The van der Waals surface area contributed by atoms with E-state index in [2.05, 4.69) is 17.9 Å². The average molecular weight is 273 g/mol. The standard InChI is InChI=1S/C16H23N3O/c1-12-11-14(17)5-6-15(12)18-7-9-19(10-8-18)16(20)13-3-2-4-13/h5-6,11,13H,2-4,7-10,17H2,1H3. The lowest BCUT2D eigenvalue weighted by molar-refractivity contribution is -0.138. The van der Waals surface area contributed by atoms with Gasteiger partial charge in [-0.3, -0.25) is 4.79 Å². The van der Waals surface area contributed by atoms with Crippen molar-refractivity contribution in [2.75, 3.05) is 36.8 Å². The minimum atomic E-state index is 0.319. The van der Waals surface area contributed by atoms with Crippen molar-refractivity contribution < 1.29 is 4.79 Å². The van der Waals surface area contributed by atoms with E-state index >= 15 is 0 Å². The van der Waals surface area contributed by atoms with Gasteiger partial charge in [-0.15, -0.1) is 0 Å². The number of carbonyl (C=O) groups is 1. The fraction of sp³-hybridized carbons (Fsp3) is 0.562. The van der Waals surface area contributed by atoms with Crippen molar-refractivity contribution in [3.63, 3.8) is 0 Å². The minimum Gasteiger partial charge on any atom is -0.399 e. The Hall–Kier alpha value is -1.71. The first-order valence-corrected chi connectivity index (χ1v) is 7.55. The molecule has 1 aliphatic carbocycles. The SMILES string of the molecule is Cc1cc(N)ccc1N1CCN(C(=O)C2CCC2)CC1. The number of nitrogens with two attached hydrogens (primary N) is 1. The summed E-state index contributed by atoms with van der Waals surface area (Å²) in [6.45, 7) is 5.63. The second kappa shape index (κ2) is 5.35. The van der Waals surface area contributed by atoms with Crippen LogP contribution in [0.1, 0.15) is 24.8 Å². The lowest BCUT2D eigenvalue weighted by Crippen LogP contribution is -2.51. The van der Waals surface area contributed by atoms with Crippen molar-refractivity contribution >= 4 is 17.3 Å². The van der Waals surface area contributed by atoms with Crippen LogP contribution < -0.4 is 10.6 Å². The zero-order valence-corrected chi connectivity index (χ0v) is 12.1. The van der Waals surface area contributed by atoms with Gasteiger partial charge >= 0.3 is 0 Å². The molecule has 4 nitrogen and oxygen atoms in total. The van der Waals surface area contributed by atoms with E-state index in [0.717, 1.165) is 44.7 Å². The molecule has 0 unspecified atom stereocenters. The highest BCUT2D eigenvalue weighted by Crippen LogP contribution is 2.29. The van der Waals surface area contributed by atoms with Crippen molar-refractivity contribution in [1.82, 2.24) is 4.90 Å². The summed E-state index contributed by atoms with van der Waals surface area (Å²) in [5, 5.41) is 0. The maximum Gasteiger partial charge on any atom is 0.225 e. The van der Waals surface area contributed by atoms with Gasteiger partial charge < -0.3 is 15.5 Å². The zero-order valence-electron chi connectivity index (χ0n) is 12.1. The van der Waals surface area contributed by atoms with Crippen LogP contribution in [0.3, 0.4) is 0 Å². The maximum absolute atomic E-state index is 12.2. The van der Waals surface area contributed by atoms with E-state index in [-0.39, 0.29) is 0 Å². The Kier molecular flexibility index (Phi) is 3.55. The third-order valence-corrected chi connectivity index (χ3v) is 4.61. The molecule has 1 saturated carbocycles. The fourth-order valence-corrected chi connectivity index (χ4v) is 3.11. The number of carbonyl (C=O) groups excluding carboxylic acids is 1. The molecular formula is C16H23N3O. The van der Waals surface area contributed by atoms with E-state index in [9.17, 15) is 4.79 Å². The summed E-state index contributed by atoms with van der Waals surface area (Å²) in [5.41, 5.74) is 9.07. The largest absolute Gasteiger partial charge is 0.399 e. The molecule has 0 aromatic heterocycles. The van der Waals surface area contributed by atoms with Crippen molar-refractivity contribution in [1.29, 1.82) is 0 Å². The van der Waals surface area contributed by atoms with Crippen molar-refractivity contribution in [2.24, 2.45) is 5.92 Å². The van der Waals surface area contributed by atoms with E-state index in [0.29, 0.717) is 11.8 Å². The minimum absolute atomic E-state index is 0.319. The fourth-order valence-electron chi connectivity index (χ4n) is 3.11. The van der Waals surface area contributed by atoms with Crippen molar-refractivity contribution in [2.45, 2.75) is 26.2 Å². The molecule has 1 aromatic carbocycles. The highest BCUT2D eigenvalue weighted by atomic mass is 16.2. The molecule has 0 atom stereocenters. The first-order valence-electron chi connectivity index (χ1n) is 7.55. The number of rotatable bonds is 2. The molecule has 2 N–H and O–H groups in total. The number of aryl methyl sites for hydroxylation is 1. The number of nitrogens with zero attached hydrogens (tertiary/aromatic N) is 2. The van der Waals surface area contributed by atoms with Crippen LogP contribution in [0, 0.1) is 12.8 Å². The van der Waals surface area contributed by atoms with Gasteiger partial charge in [-0.05, 0) is 43.5 Å². The Morgan fingerprint density at radius 2 is 1.90 bits per heavy atom. The lowest BCUT2D eigenvalue weighted by atomic mass is 9.84. The Morgan fingerprint density at radius 1 is 1.20 bits per heavy atom. The molecule has 108 valence electrons. The summed E-state index contributed by atoms with van der Waals surface area (Å²) in [4.78, 5) is 16.6. The summed E-state index contributed by atoms with van der Waals surface area (Å²) in [6.07, 6.45) is 3.41. The number of anilines is 2. The van der Waals surface area contributed by atoms with Crippen molar-refractivity contribution in [3.8, 4) is 0 Å². The molecule has 2 aliphatic rings. The van der Waals surface area contributed by atoms with Gasteiger partial charge in [0.2, 0.25) is 5.91 Å². The van der Waals surface area contributed by atoms with Gasteiger partial charge in [-0.1, -0.05) is 6.42 Å². The predicted octanol–water partition coefficient (Wildman–Crippen LogP) is 2.03. The maximum atomic E-state index is 12.2. The summed E-state index contributed by atoms with van der Waals surface area (Å²) < 4.78 is 0. The van der Waals surface area contributed by atoms with Gasteiger partial charge in [0.1, 0.15) is 0 Å². The van der Waals surface area contributed by atoms with Crippen LogP contribution in [0.25, 0.3) is 0 Å². The van der Waals surface area contributed by atoms with E-state index in [4.69, 9.17) is 5.73 Å². The third-order valence-electron chi connectivity index (χ3n) is 4.61. The summed E-state index contributed by atoms with van der Waals surface area (Å²) in [5.74, 6) is 0.699. The Labute approximate surface area is 120 Å².